The van der Waals surface area contributed by atoms with Crippen LogP contribution in [0, 0.1) is 0 Å². The molecule has 3 atom stereocenters. The molecule has 4 fully saturated rings. The van der Waals surface area contributed by atoms with Crippen molar-refractivity contribution < 1.29 is 4.79 Å². The van der Waals surface area contributed by atoms with E-state index in [0.29, 0.717) is 24.2 Å². The molecule has 2 N–H and O–H groups in total. The third-order valence-corrected chi connectivity index (χ3v) is 7.54. The summed E-state index contributed by atoms with van der Waals surface area (Å²) in [4.78, 5) is 20.2. The van der Waals surface area contributed by atoms with Gasteiger partial charge in [-0.1, -0.05) is 30.3 Å². The number of hydrogen-bond acceptors (Lipinski definition) is 4. The summed E-state index contributed by atoms with van der Waals surface area (Å²) in [6.07, 6.45) is 5.87. The van der Waals surface area contributed by atoms with E-state index in [-0.39, 0.29) is 6.03 Å². The number of urea groups is 1. The first-order chi connectivity index (χ1) is 14.3. The molecule has 158 valence electrons. The minimum Gasteiger partial charge on any atom is -0.335 e. The molecule has 4 aliphatic heterocycles. The number of carbonyl (C=O) groups excluding carboxylic acids is 1. The van der Waals surface area contributed by atoms with E-state index in [2.05, 4.69) is 55.7 Å². The summed E-state index contributed by atoms with van der Waals surface area (Å²) in [5.41, 5.74) is 1.41. The number of amides is 2. The summed E-state index contributed by atoms with van der Waals surface area (Å²) in [7, 11) is 0. The van der Waals surface area contributed by atoms with E-state index in [1.54, 1.807) is 0 Å². The van der Waals surface area contributed by atoms with Crippen LogP contribution in [0.2, 0.25) is 0 Å². The molecule has 0 aromatic heterocycles. The fraction of sp³-hybridized carbons (Fsp3) is 0.696. The van der Waals surface area contributed by atoms with Gasteiger partial charge in [-0.2, -0.15) is 0 Å². The Balaban J connectivity index is 1.12. The van der Waals surface area contributed by atoms with E-state index in [1.807, 2.05) is 0 Å². The summed E-state index contributed by atoms with van der Waals surface area (Å²) < 4.78 is 0. The molecule has 4 saturated heterocycles. The zero-order valence-corrected chi connectivity index (χ0v) is 17.4. The average molecular weight is 398 g/mol. The molecule has 1 aromatic rings. The molecule has 0 saturated carbocycles. The maximum atomic E-state index is 12.9. The van der Waals surface area contributed by atoms with Crippen molar-refractivity contribution in [2.24, 2.45) is 0 Å². The van der Waals surface area contributed by atoms with Crippen LogP contribution in [0.5, 0.6) is 0 Å². The number of benzene rings is 1. The lowest BCUT2D eigenvalue weighted by atomic mass is 9.96. The van der Waals surface area contributed by atoms with E-state index < -0.39 is 0 Å². The minimum absolute atomic E-state index is 0.170. The van der Waals surface area contributed by atoms with Crippen molar-refractivity contribution in [2.45, 2.75) is 62.8 Å². The summed E-state index contributed by atoms with van der Waals surface area (Å²) in [6, 6.07) is 13.1. The average Bonchev–Trinajstić information content (AvgIpc) is 3.33. The maximum absolute atomic E-state index is 12.9. The third-order valence-electron chi connectivity index (χ3n) is 7.54. The number of nitrogens with one attached hydrogen (secondary N) is 2. The van der Waals surface area contributed by atoms with E-state index in [1.165, 1.54) is 18.4 Å². The van der Waals surface area contributed by atoms with Gasteiger partial charge in [0.05, 0.1) is 0 Å². The minimum atomic E-state index is 0.170. The van der Waals surface area contributed by atoms with Crippen molar-refractivity contribution in [3.63, 3.8) is 0 Å². The third kappa shape index (κ3) is 4.30. The monoisotopic (exact) mass is 397 g/mol. The highest BCUT2D eigenvalue weighted by Crippen LogP contribution is 2.37. The Kier molecular flexibility index (Phi) is 5.75. The molecule has 0 aliphatic carbocycles. The van der Waals surface area contributed by atoms with E-state index in [4.69, 9.17) is 0 Å². The summed E-state index contributed by atoms with van der Waals surface area (Å²) in [5, 5.41) is 6.82. The van der Waals surface area contributed by atoms with Crippen LogP contribution in [-0.4, -0.2) is 84.2 Å². The van der Waals surface area contributed by atoms with Gasteiger partial charge in [-0.25, -0.2) is 4.79 Å². The van der Waals surface area contributed by atoms with Crippen molar-refractivity contribution in [2.75, 3.05) is 39.3 Å². The van der Waals surface area contributed by atoms with E-state index in [9.17, 15) is 4.79 Å². The maximum Gasteiger partial charge on any atom is 0.317 e. The Hall–Kier alpha value is -1.63. The zero-order valence-electron chi connectivity index (χ0n) is 17.4. The molecule has 29 heavy (non-hydrogen) atoms. The predicted octanol–water partition coefficient (Wildman–Crippen LogP) is 1.87. The lowest BCUT2D eigenvalue weighted by Gasteiger charge is -2.39. The Labute approximate surface area is 174 Å². The first kappa shape index (κ1) is 19.3. The Morgan fingerprint density at radius 1 is 0.966 bits per heavy atom. The van der Waals surface area contributed by atoms with Crippen molar-refractivity contribution in [3.05, 3.63) is 35.9 Å². The summed E-state index contributed by atoms with van der Waals surface area (Å²) >= 11 is 0. The van der Waals surface area contributed by atoms with Gasteiger partial charge < -0.3 is 15.5 Å². The molecule has 0 spiro atoms. The Bertz CT molecular complexity index is 678. The standard InChI is InChI=1S/C23H35N5O/c29-23(27-11-8-22(17-27)26-12-9-24-10-13-26)25-19-14-20-6-7-21(15-19)28(20)16-18-4-2-1-3-5-18/h1-5,19-22,24H,6-17H2,(H,25,29). The summed E-state index contributed by atoms with van der Waals surface area (Å²) in [5.74, 6) is 0. The molecule has 0 radical (unpaired) electrons. The lowest BCUT2D eigenvalue weighted by molar-refractivity contribution is 0.108. The van der Waals surface area contributed by atoms with Crippen molar-refractivity contribution >= 4 is 6.03 Å². The number of likely N-dealkylation sites (tertiary alicyclic amines) is 1. The fourth-order valence-corrected chi connectivity index (χ4v) is 5.98. The van der Waals surface area contributed by atoms with Gasteiger partial charge in [0.2, 0.25) is 0 Å². The number of nitrogens with zero attached hydrogens (tertiary/aromatic N) is 3. The van der Waals surface area contributed by atoms with Gasteiger partial charge in [-0.3, -0.25) is 9.80 Å². The zero-order chi connectivity index (χ0) is 19.6. The van der Waals surface area contributed by atoms with Crippen LogP contribution in [0.4, 0.5) is 4.79 Å². The Morgan fingerprint density at radius 3 is 2.41 bits per heavy atom. The van der Waals surface area contributed by atoms with Gasteiger partial charge in [0, 0.05) is 70.0 Å². The van der Waals surface area contributed by atoms with Crippen LogP contribution >= 0.6 is 0 Å². The topological polar surface area (TPSA) is 50.9 Å². The molecular formula is C23H35N5O. The van der Waals surface area contributed by atoms with Crippen LogP contribution < -0.4 is 10.6 Å². The molecule has 3 unspecified atom stereocenters. The molecule has 2 bridgehead atoms. The van der Waals surface area contributed by atoms with Gasteiger partial charge in [0.1, 0.15) is 0 Å². The van der Waals surface area contributed by atoms with Gasteiger partial charge in [0.25, 0.3) is 0 Å². The molecular weight excluding hydrogens is 362 g/mol. The lowest BCUT2D eigenvalue weighted by Crippen LogP contribution is -2.53. The molecule has 2 amide bonds. The molecule has 4 aliphatic rings. The second-order valence-electron chi connectivity index (χ2n) is 9.34. The number of fused-ring (bicyclic) bond motifs is 2. The van der Waals surface area contributed by atoms with Gasteiger partial charge in [0.15, 0.2) is 0 Å². The number of piperazine rings is 1. The molecule has 6 nitrogen and oxygen atoms in total. The smallest absolute Gasteiger partial charge is 0.317 e. The molecule has 6 heteroatoms. The van der Waals surface area contributed by atoms with Crippen LogP contribution in [0.25, 0.3) is 0 Å². The highest BCUT2D eigenvalue weighted by molar-refractivity contribution is 5.75. The van der Waals surface area contributed by atoms with Crippen molar-refractivity contribution in [1.82, 2.24) is 25.3 Å². The number of rotatable bonds is 4. The van der Waals surface area contributed by atoms with Crippen molar-refractivity contribution in [3.8, 4) is 0 Å². The fourth-order valence-electron chi connectivity index (χ4n) is 5.98. The number of hydrogen-bond donors (Lipinski definition) is 2. The molecule has 5 rings (SSSR count). The van der Waals surface area contributed by atoms with Gasteiger partial charge >= 0.3 is 6.03 Å². The highest BCUT2D eigenvalue weighted by Gasteiger charge is 2.41. The van der Waals surface area contributed by atoms with E-state index >= 15 is 0 Å². The van der Waals surface area contributed by atoms with Crippen LogP contribution in [0.3, 0.4) is 0 Å². The molecule has 4 heterocycles. The SMILES string of the molecule is O=C(NC1CC2CCC(C1)N2Cc1ccccc1)N1CCC(N2CCNCC2)C1. The largest absolute Gasteiger partial charge is 0.335 e. The van der Waals surface area contributed by atoms with Crippen LogP contribution in [0.15, 0.2) is 30.3 Å². The van der Waals surface area contributed by atoms with Gasteiger partial charge in [-0.05, 0) is 37.7 Å². The Morgan fingerprint density at radius 2 is 1.69 bits per heavy atom. The first-order valence-electron chi connectivity index (χ1n) is 11.6. The second kappa shape index (κ2) is 8.62. The molecule has 1 aromatic carbocycles. The van der Waals surface area contributed by atoms with Crippen molar-refractivity contribution in [1.29, 1.82) is 0 Å². The van der Waals surface area contributed by atoms with E-state index in [0.717, 1.165) is 65.1 Å². The number of piperidine rings is 1. The predicted molar refractivity (Wildman–Crippen MR) is 115 cm³/mol. The van der Waals surface area contributed by atoms with Crippen LogP contribution in [0.1, 0.15) is 37.7 Å². The van der Waals surface area contributed by atoms with Crippen LogP contribution in [-0.2, 0) is 6.54 Å². The number of carbonyl (C=O) groups is 1. The summed E-state index contributed by atoms with van der Waals surface area (Å²) in [6.45, 7) is 7.23. The normalized spacial score (nSPS) is 33.2. The van der Waals surface area contributed by atoms with Gasteiger partial charge in [-0.15, -0.1) is 0 Å². The highest BCUT2D eigenvalue weighted by atomic mass is 16.2. The second-order valence-corrected chi connectivity index (χ2v) is 9.34. The quantitative estimate of drug-likeness (QED) is 0.815. The first-order valence-corrected chi connectivity index (χ1v) is 11.6.